The van der Waals surface area contributed by atoms with Crippen LogP contribution >= 0.6 is 15.9 Å². The summed E-state index contributed by atoms with van der Waals surface area (Å²) < 4.78 is 11.4. The Morgan fingerprint density at radius 2 is 1.96 bits per heavy atom. The first-order valence-corrected chi connectivity index (χ1v) is 11.7. The first-order valence-electron chi connectivity index (χ1n) is 7.65. The fraction of sp³-hybridized carbons (Fsp3) is 0.529. The predicted molar refractivity (Wildman–Crippen MR) is 98.3 cm³/mol. The number of rotatable bonds is 7. The zero-order valence-electron chi connectivity index (χ0n) is 14.4. The van der Waals surface area contributed by atoms with Gasteiger partial charge in [0.15, 0.2) is 6.29 Å². The van der Waals surface area contributed by atoms with Gasteiger partial charge in [0.05, 0.1) is 5.56 Å². The fourth-order valence-corrected chi connectivity index (χ4v) is 2.91. The van der Waals surface area contributed by atoms with Crippen molar-refractivity contribution in [2.45, 2.75) is 51.7 Å². The standard InChI is InChI=1S/C17H25BrO4Si/c1-17(2,3)23(4,5)22-14-8-9-15(13(11-14)12-19)21-16(20)7-6-10-18/h8-9,11-12H,6-7,10H2,1-5H3. The van der Waals surface area contributed by atoms with E-state index in [9.17, 15) is 9.59 Å². The van der Waals surface area contributed by atoms with Gasteiger partial charge in [-0.1, -0.05) is 36.7 Å². The molecule has 4 nitrogen and oxygen atoms in total. The lowest BCUT2D eigenvalue weighted by Gasteiger charge is -2.36. The van der Waals surface area contributed by atoms with E-state index in [0.29, 0.717) is 30.4 Å². The fourth-order valence-electron chi connectivity index (χ4n) is 1.61. The first-order chi connectivity index (χ1) is 10.6. The van der Waals surface area contributed by atoms with Gasteiger partial charge in [0.1, 0.15) is 11.5 Å². The molecule has 0 saturated carbocycles. The van der Waals surface area contributed by atoms with Gasteiger partial charge in [0.2, 0.25) is 8.32 Å². The first kappa shape index (κ1) is 19.9. The average Bonchev–Trinajstić information content (AvgIpc) is 2.45. The number of aldehydes is 1. The molecule has 6 heteroatoms. The maximum atomic E-state index is 11.7. The normalized spacial score (nSPS) is 11.9. The molecule has 0 spiro atoms. The number of alkyl halides is 1. The van der Waals surface area contributed by atoms with E-state index in [1.54, 1.807) is 18.2 Å². The molecule has 128 valence electrons. The van der Waals surface area contributed by atoms with E-state index in [0.717, 1.165) is 5.33 Å². The molecule has 0 radical (unpaired) electrons. The average molecular weight is 401 g/mol. The number of ether oxygens (including phenoxy) is 1. The van der Waals surface area contributed by atoms with E-state index < -0.39 is 8.32 Å². The highest BCUT2D eigenvalue weighted by Crippen LogP contribution is 2.38. The van der Waals surface area contributed by atoms with Gasteiger partial charge >= 0.3 is 5.97 Å². The molecular weight excluding hydrogens is 376 g/mol. The van der Waals surface area contributed by atoms with Crippen LogP contribution in [0.25, 0.3) is 0 Å². The van der Waals surface area contributed by atoms with E-state index in [4.69, 9.17) is 9.16 Å². The summed E-state index contributed by atoms with van der Waals surface area (Å²) in [5, 5.41) is 0.803. The summed E-state index contributed by atoms with van der Waals surface area (Å²) >= 11 is 3.27. The minimum absolute atomic E-state index is 0.0646. The lowest BCUT2D eigenvalue weighted by Crippen LogP contribution is -2.43. The second-order valence-corrected chi connectivity index (χ2v) is 12.5. The van der Waals surface area contributed by atoms with Crippen LogP contribution in [0.15, 0.2) is 18.2 Å². The van der Waals surface area contributed by atoms with E-state index in [1.165, 1.54) is 0 Å². The number of halogens is 1. The summed E-state index contributed by atoms with van der Waals surface area (Å²) in [6.07, 6.45) is 1.69. The number of esters is 1. The van der Waals surface area contributed by atoms with Gasteiger partial charge < -0.3 is 9.16 Å². The molecular formula is C17H25BrO4Si. The van der Waals surface area contributed by atoms with Gasteiger partial charge in [0, 0.05) is 11.8 Å². The third-order valence-electron chi connectivity index (χ3n) is 4.03. The highest BCUT2D eigenvalue weighted by molar-refractivity contribution is 9.09. The second kappa shape index (κ2) is 8.10. The van der Waals surface area contributed by atoms with Gasteiger partial charge in [-0.3, -0.25) is 9.59 Å². The molecule has 0 aromatic heterocycles. The third kappa shape index (κ3) is 5.77. The van der Waals surface area contributed by atoms with E-state index in [1.807, 2.05) is 0 Å². The summed E-state index contributed by atoms with van der Waals surface area (Å²) in [4.78, 5) is 23.0. The second-order valence-electron chi connectivity index (χ2n) is 6.95. The lowest BCUT2D eigenvalue weighted by atomic mass is 10.2. The predicted octanol–water partition coefficient (Wildman–Crippen LogP) is 4.96. The maximum absolute atomic E-state index is 11.7. The maximum Gasteiger partial charge on any atom is 0.311 e. The summed E-state index contributed by atoms with van der Waals surface area (Å²) in [6, 6.07) is 5.01. The van der Waals surface area contributed by atoms with Crippen molar-refractivity contribution < 1.29 is 18.8 Å². The Kier molecular flexibility index (Phi) is 7.01. The van der Waals surface area contributed by atoms with Crippen molar-refractivity contribution >= 4 is 36.5 Å². The van der Waals surface area contributed by atoms with Crippen molar-refractivity contribution in [3.05, 3.63) is 23.8 Å². The van der Waals surface area contributed by atoms with Crippen molar-refractivity contribution in [2.24, 2.45) is 0 Å². The Hall–Kier alpha value is -1.14. The molecule has 0 aliphatic rings. The number of hydrogen-bond donors (Lipinski definition) is 0. The largest absolute Gasteiger partial charge is 0.543 e. The van der Waals surface area contributed by atoms with Gasteiger partial charge in [-0.15, -0.1) is 0 Å². The zero-order valence-corrected chi connectivity index (χ0v) is 17.0. The summed E-state index contributed by atoms with van der Waals surface area (Å²) in [7, 11) is -1.98. The minimum Gasteiger partial charge on any atom is -0.543 e. The van der Waals surface area contributed by atoms with E-state index in [-0.39, 0.29) is 16.8 Å². The van der Waals surface area contributed by atoms with E-state index in [2.05, 4.69) is 49.8 Å². The quantitative estimate of drug-likeness (QED) is 0.213. The molecule has 0 atom stereocenters. The molecule has 1 rings (SSSR count). The van der Waals surface area contributed by atoms with Crippen molar-refractivity contribution in [3.8, 4) is 11.5 Å². The summed E-state index contributed by atoms with van der Waals surface area (Å²) in [5.74, 6) is 0.576. The van der Waals surface area contributed by atoms with E-state index >= 15 is 0 Å². The van der Waals surface area contributed by atoms with Crippen LogP contribution in [0.5, 0.6) is 11.5 Å². The van der Waals surface area contributed by atoms with Gasteiger partial charge in [-0.25, -0.2) is 0 Å². The molecule has 0 aliphatic carbocycles. The molecule has 0 fully saturated rings. The Balaban J connectivity index is 2.92. The number of carbonyl (C=O) groups is 2. The van der Waals surface area contributed by atoms with Crippen LogP contribution in [0.1, 0.15) is 44.0 Å². The van der Waals surface area contributed by atoms with Crippen molar-refractivity contribution in [1.29, 1.82) is 0 Å². The lowest BCUT2D eigenvalue weighted by molar-refractivity contribution is -0.134. The SMILES string of the molecule is CC(C)(C)[Si](C)(C)Oc1ccc(OC(=O)CCCBr)c(C=O)c1. The van der Waals surface area contributed by atoms with Crippen LogP contribution in [0, 0.1) is 0 Å². The number of benzene rings is 1. The monoisotopic (exact) mass is 400 g/mol. The van der Waals surface area contributed by atoms with Crippen LogP contribution in [0.4, 0.5) is 0 Å². The molecule has 0 amide bonds. The molecule has 0 bridgehead atoms. The van der Waals surface area contributed by atoms with Crippen LogP contribution in [0.2, 0.25) is 18.1 Å². The van der Waals surface area contributed by atoms with Crippen LogP contribution in [-0.2, 0) is 4.79 Å². The molecule has 0 heterocycles. The van der Waals surface area contributed by atoms with Crippen LogP contribution < -0.4 is 9.16 Å². The Morgan fingerprint density at radius 1 is 1.30 bits per heavy atom. The number of hydrogen-bond acceptors (Lipinski definition) is 4. The van der Waals surface area contributed by atoms with Crippen molar-refractivity contribution in [1.82, 2.24) is 0 Å². The zero-order chi connectivity index (χ0) is 17.7. The molecule has 1 aromatic carbocycles. The number of carbonyl (C=O) groups excluding carboxylic acids is 2. The molecule has 0 N–H and O–H groups in total. The van der Waals surface area contributed by atoms with Crippen LogP contribution in [0.3, 0.4) is 0 Å². The van der Waals surface area contributed by atoms with Crippen molar-refractivity contribution in [2.75, 3.05) is 5.33 Å². The highest BCUT2D eigenvalue weighted by atomic mass is 79.9. The highest BCUT2D eigenvalue weighted by Gasteiger charge is 2.39. The molecule has 0 saturated heterocycles. The Labute approximate surface area is 147 Å². The molecule has 0 aliphatic heterocycles. The topological polar surface area (TPSA) is 52.6 Å². The van der Waals surface area contributed by atoms with Gasteiger partial charge in [-0.2, -0.15) is 0 Å². The van der Waals surface area contributed by atoms with Crippen molar-refractivity contribution in [3.63, 3.8) is 0 Å². The molecule has 23 heavy (non-hydrogen) atoms. The molecule has 1 aromatic rings. The summed E-state index contributed by atoms with van der Waals surface area (Å²) in [6.45, 7) is 10.7. The van der Waals surface area contributed by atoms with Gasteiger partial charge in [0.25, 0.3) is 0 Å². The van der Waals surface area contributed by atoms with Crippen LogP contribution in [-0.4, -0.2) is 25.9 Å². The molecule has 0 unspecified atom stereocenters. The smallest absolute Gasteiger partial charge is 0.311 e. The third-order valence-corrected chi connectivity index (χ3v) is 8.94. The summed E-state index contributed by atoms with van der Waals surface area (Å²) in [5.41, 5.74) is 0.327. The Morgan fingerprint density at radius 3 is 2.48 bits per heavy atom. The Bertz CT molecular complexity index is 564. The van der Waals surface area contributed by atoms with Gasteiger partial charge in [-0.05, 0) is 42.8 Å². The minimum atomic E-state index is -1.98.